The third kappa shape index (κ3) is 191. The van der Waals surface area contributed by atoms with E-state index in [0.29, 0.717) is 92.3 Å². The topological polar surface area (TPSA) is 145 Å². The summed E-state index contributed by atoms with van der Waals surface area (Å²) < 4.78 is 0. The molecule has 0 aliphatic rings. The number of nitriles is 1. The molecule has 768 valence electrons. The highest BCUT2D eigenvalue weighted by atomic mass is 32.2. The van der Waals surface area contributed by atoms with Gasteiger partial charge in [0.1, 0.15) is 0 Å². The van der Waals surface area contributed by atoms with Crippen molar-refractivity contribution in [2.24, 2.45) is 122 Å². The second-order valence-electron chi connectivity index (χ2n) is 56.3. The lowest BCUT2D eigenvalue weighted by molar-refractivity contribution is -0.130. The normalized spacial score (nSPS) is 12.8. The summed E-state index contributed by atoms with van der Waals surface area (Å²) in [5.74, 6) is 7.24. The highest BCUT2D eigenvalue weighted by Gasteiger charge is 2.25. The van der Waals surface area contributed by atoms with Gasteiger partial charge < -0.3 is 21.3 Å². The lowest BCUT2D eigenvalue weighted by Crippen LogP contribution is -2.30. The molecule has 127 heavy (non-hydrogen) atoms. The third-order valence-corrected chi connectivity index (χ3v) is 19.8. The first-order chi connectivity index (χ1) is 55.7. The highest BCUT2D eigenvalue weighted by molar-refractivity contribution is 7.99. The number of nitrogens with two attached hydrogens (primary N) is 1. The molecule has 0 radical (unpaired) electrons. The number of primary amides is 1. The van der Waals surface area contributed by atoms with Crippen molar-refractivity contribution in [2.75, 3.05) is 33.4 Å². The van der Waals surface area contributed by atoms with Crippen LogP contribution in [-0.4, -0.2) is 67.2 Å². The van der Waals surface area contributed by atoms with Gasteiger partial charge in [-0.3, -0.25) is 19.2 Å². The second kappa shape index (κ2) is 76.0. The van der Waals surface area contributed by atoms with Gasteiger partial charge >= 0.3 is 0 Å². The van der Waals surface area contributed by atoms with E-state index in [1.807, 2.05) is 79.3 Å². The summed E-state index contributed by atoms with van der Waals surface area (Å²) in [5.41, 5.74) is 10.2. The largest absolute Gasteiger partial charge is 0.370 e. The Bertz CT molecular complexity index is 2600. The molecule has 0 aromatic carbocycles. The Hall–Kier alpha value is -3.24. The summed E-state index contributed by atoms with van der Waals surface area (Å²) in [4.78, 5) is 45.2. The number of amides is 4. The molecule has 0 aliphatic heterocycles. The van der Waals surface area contributed by atoms with E-state index in [9.17, 15) is 19.2 Å². The summed E-state index contributed by atoms with van der Waals surface area (Å²) in [5, 5.41) is 15.1. The van der Waals surface area contributed by atoms with Crippen LogP contribution < -0.4 is 16.4 Å². The molecule has 0 fully saturated rings. The molecule has 3 unspecified atom stereocenters. The Labute approximate surface area is 810 Å². The van der Waals surface area contributed by atoms with Crippen LogP contribution in [-0.2, 0) is 19.2 Å². The van der Waals surface area contributed by atoms with Crippen LogP contribution in [0.5, 0.6) is 0 Å². The Kier molecular flexibility index (Phi) is 91.0. The lowest BCUT2D eigenvalue weighted by atomic mass is 9.76. The van der Waals surface area contributed by atoms with Crippen molar-refractivity contribution in [1.29, 1.82) is 5.26 Å². The maximum absolute atomic E-state index is 11.3. The SMILES string of the molecule is C#CCNC(=O)CC(C)(C)C.C=CCCCC(C)(C)C.C=CCCCC(C)(C)C.CC(C)(C)CC(N)=O.CC(C)(C)CCCCC(C)(C)C#N.CC(C)C(C)C(C)(C)C.CC(C)CC(C)(C)C.CC(C)CC(C)(C)C.CC(C)CNC(=O)CC(C)(C)C.CC(CCC(C)(C)C)CC(C)(C)C.CCCC(C)(C)C.CN(C)C(=O)CC(C)(C)C.CSC(C)CCC(C)(C)C. The van der Waals surface area contributed by atoms with Gasteiger partial charge in [0, 0.05) is 51.6 Å². The van der Waals surface area contributed by atoms with Crippen molar-refractivity contribution in [1.82, 2.24) is 15.5 Å². The van der Waals surface area contributed by atoms with Crippen LogP contribution in [0, 0.1) is 140 Å². The summed E-state index contributed by atoms with van der Waals surface area (Å²) >= 11 is 1.97. The van der Waals surface area contributed by atoms with Crippen LogP contribution in [0.15, 0.2) is 25.3 Å². The number of terminal acetylenes is 1. The molecule has 10 heteroatoms. The number of rotatable bonds is 27. The second-order valence-corrected chi connectivity index (χ2v) is 57.5. The number of carbonyl (C=O) groups excluding carboxylic acids is 4. The zero-order chi connectivity index (χ0) is 105. The molecule has 0 aromatic heterocycles. The molecule has 0 heterocycles. The smallest absolute Gasteiger partial charge is 0.222 e. The first-order valence-corrected chi connectivity index (χ1v) is 51.6. The van der Waals surface area contributed by atoms with E-state index in [-0.39, 0.29) is 50.7 Å². The van der Waals surface area contributed by atoms with Gasteiger partial charge in [-0.15, -0.1) is 19.6 Å². The van der Waals surface area contributed by atoms with Crippen molar-refractivity contribution in [2.45, 2.75) is 541 Å². The number of unbranched alkanes of at least 4 members (excludes halogenated alkanes) is 3. The van der Waals surface area contributed by atoms with E-state index >= 15 is 0 Å². The van der Waals surface area contributed by atoms with Crippen LogP contribution in [0.1, 0.15) is 535 Å². The van der Waals surface area contributed by atoms with Crippen LogP contribution in [0.4, 0.5) is 0 Å². The van der Waals surface area contributed by atoms with Gasteiger partial charge in [-0.25, -0.2) is 0 Å². The van der Waals surface area contributed by atoms with Crippen LogP contribution in [0.2, 0.25) is 0 Å². The quantitative estimate of drug-likeness (QED) is 0.0424. The summed E-state index contributed by atoms with van der Waals surface area (Å²) in [6.45, 7) is 133. The van der Waals surface area contributed by atoms with E-state index in [4.69, 9.17) is 17.4 Å². The number of carbonyl (C=O) groups is 4. The van der Waals surface area contributed by atoms with Crippen molar-refractivity contribution < 1.29 is 19.2 Å². The molecule has 0 aliphatic carbocycles. The predicted octanol–water partition coefficient (Wildman–Crippen LogP) is 37.5. The van der Waals surface area contributed by atoms with Crippen molar-refractivity contribution >= 4 is 35.4 Å². The van der Waals surface area contributed by atoms with E-state index in [0.717, 1.165) is 60.6 Å². The molecule has 4 amide bonds. The Morgan fingerprint density at radius 2 is 0.701 bits per heavy atom. The van der Waals surface area contributed by atoms with Gasteiger partial charge in [0.25, 0.3) is 0 Å². The minimum Gasteiger partial charge on any atom is -0.370 e. The summed E-state index contributed by atoms with van der Waals surface area (Å²) in [6.07, 6.45) is 37.7. The highest BCUT2D eigenvalue weighted by Crippen LogP contribution is 2.34. The molecule has 0 saturated carbocycles. The average Bonchev–Trinajstić information content (AvgIpc) is 0.896. The average molecular weight is 1820 g/mol. The summed E-state index contributed by atoms with van der Waals surface area (Å²) in [7, 11) is 3.57. The maximum atomic E-state index is 11.3. The van der Waals surface area contributed by atoms with Crippen molar-refractivity contribution in [3.8, 4) is 18.4 Å². The molecule has 0 rings (SSSR count). The Morgan fingerprint density at radius 3 is 0.882 bits per heavy atom. The molecule has 0 bridgehead atoms. The number of nitrogens with zero attached hydrogens (tertiary/aromatic N) is 2. The van der Waals surface area contributed by atoms with Crippen molar-refractivity contribution in [3.05, 3.63) is 25.3 Å². The molecule has 4 N–H and O–H groups in total. The zero-order valence-electron chi connectivity index (χ0n) is 98.9. The molecule has 9 nitrogen and oxygen atoms in total. The molecular formula is C117H245N5O4S. The molecule has 0 saturated heterocycles. The fourth-order valence-corrected chi connectivity index (χ4v) is 12.7. The monoisotopic (exact) mass is 1820 g/mol. The van der Waals surface area contributed by atoms with E-state index in [1.54, 1.807) is 19.0 Å². The van der Waals surface area contributed by atoms with Gasteiger partial charge in [-0.1, -0.05) is 418 Å². The third-order valence-electron chi connectivity index (χ3n) is 18.8. The van der Waals surface area contributed by atoms with Gasteiger partial charge in [-0.2, -0.15) is 17.0 Å². The number of hydrogen-bond acceptors (Lipinski definition) is 6. The molecule has 0 aromatic rings. The maximum Gasteiger partial charge on any atom is 0.222 e. The number of allylic oxidation sites excluding steroid dienone is 2. The Balaban J connectivity index is -0.000000101. The molecule has 0 spiro atoms. The molecular weight excluding hydrogens is 1570 g/mol. The lowest BCUT2D eigenvalue weighted by Gasteiger charge is -2.30. The van der Waals surface area contributed by atoms with Crippen LogP contribution in [0.3, 0.4) is 0 Å². The predicted molar refractivity (Wildman–Crippen MR) is 587 cm³/mol. The molecule has 3 atom stereocenters. The first-order valence-electron chi connectivity index (χ1n) is 50.3. The summed E-state index contributed by atoms with van der Waals surface area (Å²) in [6, 6.07) is 2.34. The Morgan fingerprint density at radius 1 is 0.402 bits per heavy atom. The zero-order valence-corrected chi connectivity index (χ0v) is 99.7. The number of thioether (sulfide) groups is 1. The van der Waals surface area contributed by atoms with E-state index in [1.165, 1.54) is 103 Å². The van der Waals surface area contributed by atoms with Gasteiger partial charge in [0.2, 0.25) is 23.6 Å². The fourth-order valence-electron chi connectivity index (χ4n) is 12.3. The van der Waals surface area contributed by atoms with Crippen molar-refractivity contribution in [3.63, 3.8) is 0 Å². The first kappa shape index (κ1) is 152. The van der Waals surface area contributed by atoms with Gasteiger partial charge in [0.05, 0.1) is 18.0 Å². The minimum atomic E-state index is -0.225. The van der Waals surface area contributed by atoms with E-state index in [2.05, 4.69) is 374 Å². The minimum absolute atomic E-state index is 0.0236. The fraction of sp³-hybridized carbons (Fsp3) is 0.906. The van der Waals surface area contributed by atoms with Crippen LogP contribution >= 0.6 is 11.8 Å². The number of nitrogens with one attached hydrogen (secondary N) is 2. The van der Waals surface area contributed by atoms with Gasteiger partial charge in [0.15, 0.2) is 0 Å². The van der Waals surface area contributed by atoms with E-state index < -0.39 is 0 Å². The van der Waals surface area contributed by atoms with Gasteiger partial charge in [-0.05, 0) is 228 Å². The number of hydrogen-bond donors (Lipinski definition) is 3. The van der Waals surface area contributed by atoms with Crippen LogP contribution in [0.25, 0.3) is 0 Å². The standard InChI is InChI=1S/C13H28.C12H23N.C10H21NO.C9H15NO.C9H20S.C9H20.2C9H18.C8H17NO.2C8H18.C7H16.C6H13NO/c1-11(10-13(5,6)7)8-9-12(2,3)4;1-11(2,3)8-6-7-9-12(4,5)10-13;1-8(2)7-11-9(12)6-10(3,4)5;1-5-6-10-8(11)7-9(2,3)4;1-8(10-5)6-7-9(2,3)4;1-7(2)8(3)9(4,5)6;2*1-5-6-7-8-9(2,3)4;1-8(2,3)6-7(10)9(4)5;2*1-7(2)6-8(3,4)5;1-5-6-7(2,3)4;1-6(2,3)4-5(7)8/h11H,8-10H2,1-7H3;6-9H2,1-5H3;8H,6-7H2,1-5H3,(H,11,12);1H,6-7H2,2-4H3,(H,10,11);8H,6-7H2,1-5H3;7-8H,1-6H3;2*5H,1,6-8H2,2-4H3;6H2,1-5H3;2*7H,6H2,1-5H3;5-6H2,1-4H3;4H2,1-3H3,(H2,7,8).